The summed E-state index contributed by atoms with van der Waals surface area (Å²) in [5, 5.41) is 12.0. The number of carboxylic acids is 1. The Balaban J connectivity index is 1.35. The molecule has 3 aromatic carbocycles. The van der Waals surface area contributed by atoms with Crippen LogP contribution in [0.5, 0.6) is 5.75 Å². The molecule has 2 N–H and O–H groups in total. The maximum atomic E-state index is 12.4. The number of ether oxygens (including phenoxy) is 2. The van der Waals surface area contributed by atoms with E-state index in [0.29, 0.717) is 5.56 Å². The van der Waals surface area contributed by atoms with E-state index in [2.05, 4.69) is 10.1 Å². The van der Waals surface area contributed by atoms with Gasteiger partial charge in [-0.15, -0.1) is 13.2 Å². The third-order valence-corrected chi connectivity index (χ3v) is 5.80. The van der Waals surface area contributed by atoms with Crippen molar-refractivity contribution >= 4 is 12.1 Å². The van der Waals surface area contributed by atoms with E-state index in [1.807, 2.05) is 48.5 Å². The van der Waals surface area contributed by atoms with Gasteiger partial charge in [0.2, 0.25) is 0 Å². The number of alkyl halides is 3. The largest absolute Gasteiger partial charge is 0.573 e. The monoisotopic (exact) mass is 485 g/mol. The Morgan fingerprint density at radius 1 is 0.943 bits per heavy atom. The van der Waals surface area contributed by atoms with Crippen LogP contribution in [-0.2, 0) is 16.0 Å². The second kappa shape index (κ2) is 10.1. The van der Waals surface area contributed by atoms with Gasteiger partial charge >= 0.3 is 18.4 Å². The molecule has 182 valence electrons. The molecule has 0 radical (unpaired) electrons. The number of carboxylic acid groups (broad SMARTS) is 1. The maximum absolute atomic E-state index is 12.4. The van der Waals surface area contributed by atoms with Crippen LogP contribution < -0.4 is 10.1 Å². The van der Waals surface area contributed by atoms with Crippen molar-refractivity contribution in [3.63, 3.8) is 0 Å². The molecule has 4 rings (SSSR count). The number of hydrogen-bond acceptors (Lipinski definition) is 4. The molecule has 1 amide bonds. The van der Waals surface area contributed by atoms with Crippen LogP contribution in [0.25, 0.3) is 11.1 Å². The van der Waals surface area contributed by atoms with E-state index in [0.717, 1.165) is 34.4 Å². The summed E-state index contributed by atoms with van der Waals surface area (Å²) in [4.78, 5) is 24.0. The predicted octanol–water partition coefficient (Wildman–Crippen LogP) is 5.37. The number of rotatable bonds is 8. The Morgan fingerprint density at radius 3 is 2.17 bits per heavy atom. The highest BCUT2D eigenvalue weighted by molar-refractivity contribution is 5.79. The summed E-state index contributed by atoms with van der Waals surface area (Å²) in [5.41, 5.74) is 4.59. The number of alkyl carbamates (subject to hydrolysis) is 1. The number of hydrogen-bond donors (Lipinski definition) is 2. The summed E-state index contributed by atoms with van der Waals surface area (Å²) < 4.78 is 46.6. The van der Waals surface area contributed by atoms with Gasteiger partial charge in [-0.05, 0) is 46.4 Å². The van der Waals surface area contributed by atoms with Crippen LogP contribution in [0.1, 0.15) is 22.6 Å². The Labute approximate surface area is 199 Å². The molecule has 6 nitrogen and oxygen atoms in total. The first-order valence-electron chi connectivity index (χ1n) is 10.9. The summed E-state index contributed by atoms with van der Waals surface area (Å²) in [6, 6.07) is 20.8. The minimum atomic E-state index is -4.85. The molecule has 0 heterocycles. The lowest BCUT2D eigenvalue weighted by Crippen LogP contribution is -2.35. The fourth-order valence-corrected chi connectivity index (χ4v) is 4.26. The number of benzene rings is 3. The fraction of sp³-hybridized carbons (Fsp3) is 0.231. The van der Waals surface area contributed by atoms with Gasteiger partial charge in [-0.1, -0.05) is 60.7 Å². The highest BCUT2D eigenvalue weighted by atomic mass is 19.4. The third kappa shape index (κ3) is 5.92. The van der Waals surface area contributed by atoms with E-state index >= 15 is 0 Å². The Bertz CT molecular complexity index is 1180. The Kier molecular flexibility index (Phi) is 6.95. The van der Waals surface area contributed by atoms with Crippen LogP contribution in [0, 0.1) is 5.92 Å². The van der Waals surface area contributed by atoms with Crippen molar-refractivity contribution in [3.05, 3.63) is 89.5 Å². The van der Waals surface area contributed by atoms with Crippen LogP contribution >= 0.6 is 0 Å². The lowest BCUT2D eigenvalue weighted by molar-refractivity contribution is -0.274. The number of carbonyl (C=O) groups is 2. The second-order valence-electron chi connectivity index (χ2n) is 8.14. The predicted molar refractivity (Wildman–Crippen MR) is 121 cm³/mol. The van der Waals surface area contributed by atoms with Crippen LogP contribution in [0.2, 0.25) is 0 Å². The summed E-state index contributed by atoms with van der Waals surface area (Å²) >= 11 is 0. The molecule has 0 spiro atoms. The molecular formula is C26H22F3NO5. The van der Waals surface area contributed by atoms with Crippen LogP contribution in [-0.4, -0.2) is 36.7 Å². The summed E-state index contributed by atoms with van der Waals surface area (Å²) in [7, 11) is 0. The molecule has 0 bridgehead atoms. The van der Waals surface area contributed by atoms with E-state index in [4.69, 9.17) is 4.74 Å². The molecule has 0 aromatic heterocycles. The second-order valence-corrected chi connectivity index (χ2v) is 8.14. The van der Waals surface area contributed by atoms with Gasteiger partial charge in [0.25, 0.3) is 0 Å². The minimum absolute atomic E-state index is 0.0778. The van der Waals surface area contributed by atoms with Gasteiger partial charge in [0.15, 0.2) is 0 Å². The molecular weight excluding hydrogens is 463 g/mol. The number of fused-ring (bicyclic) bond motifs is 3. The molecule has 0 saturated carbocycles. The van der Waals surface area contributed by atoms with Crippen molar-refractivity contribution in [1.29, 1.82) is 0 Å². The van der Waals surface area contributed by atoms with Crippen molar-refractivity contribution in [2.75, 3.05) is 13.2 Å². The molecule has 35 heavy (non-hydrogen) atoms. The summed E-state index contributed by atoms with van der Waals surface area (Å²) in [6.07, 6.45) is -5.72. The Morgan fingerprint density at radius 2 is 1.57 bits per heavy atom. The minimum Gasteiger partial charge on any atom is -0.481 e. The average molecular weight is 485 g/mol. The van der Waals surface area contributed by atoms with Crippen LogP contribution in [0.3, 0.4) is 0 Å². The summed E-state index contributed by atoms with van der Waals surface area (Å²) in [5.74, 6) is -2.86. The Hall–Kier alpha value is -4.01. The van der Waals surface area contributed by atoms with E-state index in [1.165, 1.54) is 12.1 Å². The van der Waals surface area contributed by atoms with Crippen molar-refractivity contribution < 1.29 is 37.3 Å². The van der Waals surface area contributed by atoms with Gasteiger partial charge in [-0.2, -0.15) is 0 Å². The third-order valence-electron chi connectivity index (χ3n) is 5.80. The highest BCUT2D eigenvalue weighted by Crippen LogP contribution is 2.44. The lowest BCUT2D eigenvalue weighted by atomic mass is 9.98. The SMILES string of the molecule is O=C(NC[C@H](Cc1cccc(OC(F)(F)F)c1)C(=O)O)OCC1c2ccccc2-c2ccccc21. The van der Waals surface area contributed by atoms with Crippen LogP contribution in [0.15, 0.2) is 72.8 Å². The van der Waals surface area contributed by atoms with Gasteiger partial charge < -0.3 is 19.9 Å². The van der Waals surface area contributed by atoms with Gasteiger partial charge in [0, 0.05) is 12.5 Å². The standard InChI is InChI=1S/C26H22F3NO5/c27-26(28,29)35-18-7-5-6-16(13-18)12-17(24(31)32)14-30-25(33)34-15-23-21-10-3-1-8-19(21)20-9-2-4-11-22(20)23/h1-11,13,17,23H,12,14-15H2,(H,30,33)(H,31,32)/t17-/m0/s1. The fourth-order valence-electron chi connectivity index (χ4n) is 4.26. The van der Waals surface area contributed by atoms with E-state index in [1.54, 1.807) is 0 Å². The lowest BCUT2D eigenvalue weighted by Gasteiger charge is -2.17. The van der Waals surface area contributed by atoms with Gasteiger partial charge in [0.05, 0.1) is 5.92 Å². The quantitative estimate of drug-likeness (QED) is 0.448. The van der Waals surface area contributed by atoms with E-state index < -0.39 is 30.1 Å². The number of amides is 1. The molecule has 3 aromatic rings. The van der Waals surface area contributed by atoms with Gasteiger partial charge in [-0.25, -0.2) is 4.79 Å². The molecule has 0 saturated heterocycles. The van der Waals surface area contributed by atoms with E-state index in [9.17, 15) is 27.9 Å². The first-order chi connectivity index (χ1) is 16.7. The van der Waals surface area contributed by atoms with E-state index in [-0.39, 0.29) is 25.5 Å². The van der Waals surface area contributed by atoms with Crippen molar-refractivity contribution in [2.45, 2.75) is 18.7 Å². The zero-order valence-corrected chi connectivity index (χ0v) is 18.4. The topological polar surface area (TPSA) is 84.9 Å². The number of halogens is 3. The molecule has 0 aliphatic heterocycles. The molecule has 0 unspecified atom stereocenters. The van der Waals surface area contributed by atoms with Crippen molar-refractivity contribution in [3.8, 4) is 16.9 Å². The smallest absolute Gasteiger partial charge is 0.481 e. The van der Waals surface area contributed by atoms with Gasteiger partial charge in [-0.3, -0.25) is 4.79 Å². The van der Waals surface area contributed by atoms with Crippen molar-refractivity contribution in [2.24, 2.45) is 5.92 Å². The highest BCUT2D eigenvalue weighted by Gasteiger charge is 2.31. The molecule has 1 atom stereocenters. The van der Waals surface area contributed by atoms with Gasteiger partial charge in [0.1, 0.15) is 12.4 Å². The first kappa shape index (κ1) is 24.1. The number of nitrogens with one attached hydrogen (secondary N) is 1. The van der Waals surface area contributed by atoms with Crippen molar-refractivity contribution in [1.82, 2.24) is 5.32 Å². The maximum Gasteiger partial charge on any atom is 0.573 e. The molecule has 1 aliphatic rings. The first-order valence-corrected chi connectivity index (χ1v) is 10.9. The zero-order chi connectivity index (χ0) is 25.0. The van der Waals surface area contributed by atoms with Crippen LogP contribution in [0.4, 0.5) is 18.0 Å². The molecule has 1 aliphatic carbocycles. The summed E-state index contributed by atoms with van der Waals surface area (Å²) in [6.45, 7) is -0.176. The number of carbonyl (C=O) groups excluding carboxylic acids is 1. The molecule has 9 heteroatoms. The zero-order valence-electron chi connectivity index (χ0n) is 18.4. The number of aliphatic carboxylic acids is 1. The average Bonchev–Trinajstić information content (AvgIpc) is 3.13. The molecule has 0 fully saturated rings. The normalized spacial score (nSPS) is 13.5.